The molecular weight excluding hydrogens is 542 g/mol. The molecule has 7 heteroatoms. The molecule has 1 aliphatic heterocycles. The van der Waals surface area contributed by atoms with Crippen LogP contribution in [0.2, 0.25) is 0 Å². The van der Waals surface area contributed by atoms with Crippen LogP contribution >= 0.6 is 0 Å². The number of hydrogen-bond acceptors (Lipinski definition) is 6. The quantitative estimate of drug-likeness (QED) is 0.199. The second kappa shape index (κ2) is 9.98. The fourth-order valence-corrected chi connectivity index (χ4v) is 7.20. The predicted molar refractivity (Wildman–Crippen MR) is 158 cm³/mol. The topological polar surface area (TPSA) is 109 Å². The van der Waals surface area contributed by atoms with Gasteiger partial charge in [-0.05, 0) is 73.7 Å². The van der Waals surface area contributed by atoms with Gasteiger partial charge in [-0.15, -0.1) is 0 Å². The average molecular weight is 570 g/mol. The molecule has 3 aliphatic carbocycles. The molecule has 7 rings (SSSR count). The van der Waals surface area contributed by atoms with Crippen molar-refractivity contribution in [1.29, 1.82) is 0 Å². The molecule has 3 aromatic carbocycles. The number of anilines is 1. The van der Waals surface area contributed by atoms with Crippen LogP contribution in [0.3, 0.4) is 0 Å². The second-order valence-electron chi connectivity index (χ2n) is 11.6. The molecule has 1 heterocycles. The monoisotopic (exact) mass is 569 g/mol. The van der Waals surface area contributed by atoms with E-state index in [9.17, 15) is 29.1 Å². The minimum absolute atomic E-state index is 0.0773. The molecule has 4 atom stereocenters. The summed E-state index contributed by atoms with van der Waals surface area (Å²) in [5, 5.41) is 9.92. The van der Waals surface area contributed by atoms with Gasteiger partial charge < -0.3 is 5.11 Å². The van der Waals surface area contributed by atoms with Gasteiger partial charge in [0.2, 0.25) is 11.8 Å². The normalized spacial score (nSPS) is 24.7. The van der Waals surface area contributed by atoms with Gasteiger partial charge in [0.1, 0.15) is 5.75 Å². The average Bonchev–Trinajstić information content (AvgIpc) is 3.28. The summed E-state index contributed by atoms with van der Waals surface area (Å²) in [5.74, 6) is -3.47. The first-order chi connectivity index (χ1) is 20.7. The van der Waals surface area contributed by atoms with Crippen molar-refractivity contribution in [3.05, 3.63) is 130 Å². The van der Waals surface area contributed by atoms with Crippen molar-refractivity contribution in [2.45, 2.75) is 25.7 Å². The number of Topliss-reactive ketones (excluding diaryl/α,β-unsaturated/α-hetero) is 1. The molecule has 1 saturated heterocycles. The van der Waals surface area contributed by atoms with Crippen LogP contribution in [-0.2, 0) is 19.2 Å². The highest BCUT2D eigenvalue weighted by Gasteiger charge is 2.56. The van der Waals surface area contributed by atoms with E-state index in [0.29, 0.717) is 40.0 Å². The first kappa shape index (κ1) is 26.7. The van der Waals surface area contributed by atoms with Crippen LogP contribution in [0.4, 0.5) is 5.69 Å². The number of phenolic OH excluding ortho intramolecular Hbond substituents is 1. The highest BCUT2D eigenvalue weighted by molar-refractivity contribution is 6.25. The van der Waals surface area contributed by atoms with E-state index in [-0.39, 0.29) is 41.3 Å². The lowest BCUT2D eigenvalue weighted by Gasteiger charge is -2.42. The number of carbonyl (C=O) groups excluding carboxylic acids is 5. The van der Waals surface area contributed by atoms with Crippen LogP contribution in [0.25, 0.3) is 0 Å². The maximum atomic E-state index is 14.1. The molecule has 2 amide bonds. The van der Waals surface area contributed by atoms with Crippen molar-refractivity contribution in [3.63, 3.8) is 0 Å². The summed E-state index contributed by atoms with van der Waals surface area (Å²) in [4.78, 5) is 68.7. The van der Waals surface area contributed by atoms with Crippen molar-refractivity contribution >= 4 is 34.9 Å². The van der Waals surface area contributed by atoms with Crippen LogP contribution in [-0.4, -0.2) is 34.3 Å². The van der Waals surface area contributed by atoms with Crippen LogP contribution < -0.4 is 4.90 Å². The fraction of sp³-hybridized carbons (Fsp3) is 0.194. The number of aromatic hydroxyl groups is 1. The number of hydrogen-bond donors (Lipinski definition) is 1. The number of ketones is 3. The fourth-order valence-electron chi connectivity index (χ4n) is 7.20. The van der Waals surface area contributed by atoms with E-state index in [1.807, 2.05) is 12.1 Å². The summed E-state index contributed by atoms with van der Waals surface area (Å²) in [7, 11) is 0. The van der Waals surface area contributed by atoms with Gasteiger partial charge in [-0.2, -0.15) is 0 Å². The standard InChI is InChI=1S/C36H27NO6/c1-19-17-29(39)32-28(33(19)40)18-27-25(30(32)20-9-13-24(38)14-10-20)15-16-26-31(27)36(43)37(35(26)42)23-11-7-22(8-12-23)34(41)21-5-3-2-4-6-21/h2-15,17,26-27,30-31,38H,16,18H2,1H3. The lowest BCUT2D eigenvalue weighted by Crippen LogP contribution is -2.39. The Kier molecular flexibility index (Phi) is 6.20. The zero-order valence-corrected chi connectivity index (χ0v) is 23.3. The minimum atomic E-state index is -0.694. The maximum Gasteiger partial charge on any atom is 0.238 e. The van der Waals surface area contributed by atoms with Gasteiger partial charge in [0, 0.05) is 33.8 Å². The molecule has 4 unspecified atom stereocenters. The first-order valence-electron chi connectivity index (χ1n) is 14.3. The number of carbonyl (C=O) groups is 5. The number of nitrogens with zero attached hydrogens (tertiary/aromatic N) is 1. The van der Waals surface area contributed by atoms with Crippen molar-refractivity contribution in [1.82, 2.24) is 0 Å². The molecule has 1 N–H and O–H groups in total. The van der Waals surface area contributed by atoms with E-state index < -0.39 is 23.7 Å². The highest BCUT2D eigenvalue weighted by Crippen LogP contribution is 2.55. The summed E-state index contributed by atoms with van der Waals surface area (Å²) >= 11 is 0. The van der Waals surface area contributed by atoms with Gasteiger partial charge in [-0.25, -0.2) is 0 Å². The van der Waals surface area contributed by atoms with Crippen molar-refractivity contribution < 1.29 is 29.1 Å². The summed E-state index contributed by atoms with van der Waals surface area (Å²) < 4.78 is 0. The summed E-state index contributed by atoms with van der Waals surface area (Å²) in [6.07, 6.45) is 3.87. The molecule has 7 nitrogen and oxygen atoms in total. The Morgan fingerprint density at radius 3 is 2.19 bits per heavy atom. The van der Waals surface area contributed by atoms with E-state index in [2.05, 4.69) is 0 Å². The number of phenols is 1. The molecule has 43 heavy (non-hydrogen) atoms. The van der Waals surface area contributed by atoms with Crippen molar-refractivity contribution in [2.75, 3.05) is 4.90 Å². The van der Waals surface area contributed by atoms with E-state index in [0.717, 1.165) is 11.1 Å². The Hall–Kier alpha value is -5.17. The van der Waals surface area contributed by atoms with Gasteiger partial charge in [-0.3, -0.25) is 28.9 Å². The van der Waals surface area contributed by atoms with Gasteiger partial charge in [0.25, 0.3) is 0 Å². The Labute approximate surface area is 247 Å². The van der Waals surface area contributed by atoms with Crippen molar-refractivity contribution in [2.24, 2.45) is 17.8 Å². The summed E-state index contributed by atoms with van der Waals surface area (Å²) in [5.41, 5.74) is 4.14. The number of imide groups is 1. The van der Waals surface area contributed by atoms with Gasteiger partial charge >= 0.3 is 0 Å². The molecule has 1 fully saturated rings. The van der Waals surface area contributed by atoms with E-state index in [4.69, 9.17) is 0 Å². The van der Waals surface area contributed by atoms with Crippen LogP contribution in [0.1, 0.15) is 47.2 Å². The maximum absolute atomic E-state index is 14.1. The number of amides is 2. The smallest absolute Gasteiger partial charge is 0.238 e. The second-order valence-corrected chi connectivity index (χ2v) is 11.6. The third kappa shape index (κ3) is 4.14. The zero-order valence-electron chi connectivity index (χ0n) is 23.3. The molecule has 0 radical (unpaired) electrons. The Morgan fingerprint density at radius 1 is 0.814 bits per heavy atom. The molecule has 3 aromatic rings. The lowest BCUT2D eigenvalue weighted by molar-refractivity contribution is -0.123. The molecule has 0 bridgehead atoms. The summed E-state index contributed by atoms with van der Waals surface area (Å²) in [6, 6.07) is 21.9. The van der Waals surface area contributed by atoms with Gasteiger partial charge in [-0.1, -0.05) is 54.1 Å². The summed E-state index contributed by atoms with van der Waals surface area (Å²) in [6.45, 7) is 1.62. The zero-order chi connectivity index (χ0) is 30.0. The third-order valence-corrected chi connectivity index (χ3v) is 9.21. The van der Waals surface area contributed by atoms with E-state index in [1.165, 1.54) is 11.0 Å². The van der Waals surface area contributed by atoms with E-state index >= 15 is 0 Å². The molecule has 4 aliphatic rings. The Morgan fingerprint density at radius 2 is 1.49 bits per heavy atom. The van der Waals surface area contributed by atoms with Crippen LogP contribution in [0, 0.1) is 17.8 Å². The number of benzene rings is 3. The van der Waals surface area contributed by atoms with E-state index in [1.54, 1.807) is 79.7 Å². The van der Waals surface area contributed by atoms with Crippen LogP contribution in [0.5, 0.6) is 5.75 Å². The molecule has 212 valence electrons. The van der Waals surface area contributed by atoms with Crippen LogP contribution in [0.15, 0.2) is 113 Å². The van der Waals surface area contributed by atoms with Crippen molar-refractivity contribution in [3.8, 4) is 5.75 Å². The number of fused-ring (bicyclic) bond motifs is 3. The Balaban J connectivity index is 1.25. The minimum Gasteiger partial charge on any atom is -0.508 e. The molecule has 0 aromatic heterocycles. The number of rotatable bonds is 4. The SMILES string of the molecule is CC1=CC(=O)C2=C(CC3C(=CCC4C(=O)N(c5ccc(C(=O)c6ccccc6)cc5)C(=O)C43)C2c2ccc(O)cc2)C1=O. The molecule has 0 saturated carbocycles. The number of allylic oxidation sites excluding steroid dienone is 6. The van der Waals surface area contributed by atoms with Gasteiger partial charge in [0.15, 0.2) is 17.3 Å². The third-order valence-electron chi connectivity index (χ3n) is 9.21. The van der Waals surface area contributed by atoms with Gasteiger partial charge in [0.05, 0.1) is 17.5 Å². The molecule has 0 spiro atoms. The Bertz CT molecular complexity index is 1830. The highest BCUT2D eigenvalue weighted by atomic mass is 16.3. The molecular formula is C36H27NO6. The predicted octanol–water partition coefficient (Wildman–Crippen LogP) is 5.26. The first-order valence-corrected chi connectivity index (χ1v) is 14.3. The lowest BCUT2D eigenvalue weighted by atomic mass is 9.59. The largest absolute Gasteiger partial charge is 0.508 e.